The van der Waals surface area contributed by atoms with Crippen LogP contribution < -0.4 is 9.46 Å². The Morgan fingerprint density at radius 3 is 2.65 bits per heavy atom. The van der Waals surface area contributed by atoms with Crippen LogP contribution in [0.2, 0.25) is 10.0 Å². The van der Waals surface area contributed by atoms with Crippen molar-refractivity contribution in [2.75, 3.05) is 13.7 Å². The van der Waals surface area contributed by atoms with Gasteiger partial charge in [-0.25, -0.2) is 13.1 Å². The van der Waals surface area contributed by atoms with Gasteiger partial charge in [0.05, 0.1) is 12.1 Å². The predicted molar refractivity (Wildman–Crippen MR) is 90.0 cm³/mol. The van der Waals surface area contributed by atoms with E-state index in [2.05, 4.69) is 4.72 Å². The first-order chi connectivity index (χ1) is 10.8. The van der Waals surface area contributed by atoms with Gasteiger partial charge in [0.15, 0.2) is 5.75 Å². The molecule has 23 heavy (non-hydrogen) atoms. The van der Waals surface area contributed by atoms with Gasteiger partial charge in [-0.1, -0.05) is 35.3 Å². The molecule has 0 unspecified atom stereocenters. The maximum absolute atomic E-state index is 12.3. The number of rotatable bonds is 6. The topological polar surface area (TPSA) is 75.6 Å². The van der Waals surface area contributed by atoms with Gasteiger partial charge in [-0.15, -0.1) is 0 Å². The van der Waals surface area contributed by atoms with Crippen LogP contribution in [0.4, 0.5) is 0 Å². The molecule has 0 aromatic heterocycles. The molecule has 2 rings (SSSR count). The van der Waals surface area contributed by atoms with E-state index in [4.69, 9.17) is 27.9 Å². The van der Waals surface area contributed by atoms with Crippen LogP contribution in [0.5, 0.6) is 11.5 Å². The second-order valence-electron chi connectivity index (χ2n) is 4.73. The Bertz CT molecular complexity index is 809. The number of ether oxygens (including phenoxy) is 1. The fourth-order valence-corrected chi connectivity index (χ4v) is 3.77. The number of hydrogen-bond donors (Lipinski definition) is 2. The second kappa shape index (κ2) is 7.40. The van der Waals surface area contributed by atoms with Crippen molar-refractivity contribution in [1.82, 2.24) is 4.72 Å². The molecule has 0 bridgehead atoms. The fraction of sp³-hybridized carbons (Fsp3) is 0.200. The zero-order valence-electron chi connectivity index (χ0n) is 12.2. The third-order valence-corrected chi connectivity index (χ3v) is 5.10. The lowest BCUT2D eigenvalue weighted by Gasteiger charge is -2.10. The van der Waals surface area contributed by atoms with E-state index in [0.717, 1.165) is 11.6 Å². The van der Waals surface area contributed by atoms with Crippen LogP contribution in [0.15, 0.2) is 41.3 Å². The van der Waals surface area contributed by atoms with Gasteiger partial charge in [-0.2, -0.15) is 0 Å². The molecule has 0 saturated carbocycles. The SMILES string of the molecule is COc1cccc(CCNS(=O)(=O)c2cc(Cl)cc(Cl)c2O)c1. The maximum atomic E-state index is 12.3. The van der Waals surface area contributed by atoms with Crippen molar-refractivity contribution in [2.45, 2.75) is 11.3 Å². The van der Waals surface area contributed by atoms with Crippen molar-refractivity contribution in [3.8, 4) is 11.5 Å². The highest BCUT2D eigenvalue weighted by Gasteiger charge is 2.21. The summed E-state index contributed by atoms with van der Waals surface area (Å²) in [6.45, 7) is 0.152. The number of methoxy groups -OCH3 is 1. The summed E-state index contributed by atoms with van der Waals surface area (Å²) >= 11 is 11.5. The Morgan fingerprint density at radius 1 is 1.22 bits per heavy atom. The van der Waals surface area contributed by atoms with E-state index >= 15 is 0 Å². The quantitative estimate of drug-likeness (QED) is 0.812. The normalized spacial score (nSPS) is 11.4. The molecule has 0 saturated heterocycles. The standard InChI is InChI=1S/C15H15Cl2NO4S/c1-22-12-4-2-3-10(7-12)5-6-18-23(20,21)14-9-11(16)8-13(17)15(14)19/h2-4,7-9,18-19H,5-6H2,1H3. The summed E-state index contributed by atoms with van der Waals surface area (Å²) in [6.07, 6.45) is 0.464. The van der Waals surface area contributed by atoms with E-state index in [1.165, 1.54) is 6.07 Å². The molecule has 0 fully saturated rings. The summed E-state index contributed by atoms with van der Waals surface area (Å²) < 4.78 is 32.0. The Balaban J connectivity index is 2.10. The van der Waals surface area contributed by atoms with Gasteiger partial charge in [0.25, 0.3) is 0 Å². The summed E-state index contributed by atoms with van der Waals surface area (Å²) in [5, 5.41) is 9.82. The zero-order valence-corrected chi connectivity index (χ0v) is 14.5. The Hall–Kier alpha value is -1.47. The van der Waals surface area contributed by atoms with Crippen LogP contribution in [-0.4, -0.2) is 27.2 Å². The fourth-order valence-electron chi connectivity index (χ4n) is 1.98. The van der Waals surface area contributed by atoms with E-state index < -0.39 is 15.8 Å². The number of phenolic OH excluding ortho intramolecular Hbond substituents is 1. The van der Waals surface area contributed by atoms with E-state index in [1.54, 1.807) is 13.2 Å². The number of sulfonamides is 1. The zero-order chi connectivity index (χ0) is 17.0. The van der Waals surface area contributed by atoms with Gasteiger partial charge in [-0.3, -0.25) is 0 Å². The van der Waals surface area contributed by atoms with Crippen molar-refractivity contribution in [3.63, 3.8) is 0 Å². The van der Waals surface area contributed by atoms with Crippen LogP contribution in [0.1, 0.15) is 5.56 Å². The Morgan fingerprint density at radius 2 is 1.96 bits per heavy atom. The number of phenols is 1. The van der Waals surface area contributed by atoms with Gasteiger partial charge >= 0.3 is 0 Å². The summed E-state index contributed by atoms with van der Waals surface area (Å²) in [4.78, 5) is -0.347. The van der Waals surface area contributed by atoms with Crippen molar-refractivity contribution in [1.29, 1.82) is 0 Å². The molecular formula is C15H15Cl2NO4S. The largest absolute Gasteiger partial charge is 0.505 e. The van der Waals surface area contributed by atoms with Crippen molar-refractivity contribution >= 4 is 33.2 Å². The van der Waals surface area contributed by atoms with Crippen molar-refractivity contribution < 1.29 is 18.3 Å². The second-order valence-corrected chi connectivity index (χ2v) is 7.31. The summed E-state index contributed by atoms with van der Waals surface area (Å²) in [6, 6.07) is 9.74. The lowest BCUT2D eigenvalue weighted by atomic mass is 10.1. The number of benzene rings is 2. The molecule has 2 N–H and O–H groups in total. The van der Waals surface area contributed by atoms with Crippen LogP contribution in [0.3, 0.4) is 0 Å². The summed E-state index contributed by atoms with van der Waals surface area (Å²) in [7, 11) is -2.36. The third kappa shape index (κ3) is 4.51. The minimum absolute atomic E-state index is 0.120. The number of hydrogen-bond acceptors (Lipinski definition) is 4. The summed E-state index contributed by atoms with van der Waals surface area (Å²) in [5.41, 5.74) is 0.917. The van der Waals surface area contributed by atoms with E-state index in [9.17, 15) is 13.5 Å². The predicted octanol–water partition coefficient (Wildman–Crippen LogP) is 3.23. The molecule has 8 heteroatoms. The molecule has 0 aliphatic carbocycles. The molecule has 2 aromatic rings. The highest BCUT2D eigenvalue weighted by Crippen LogP contribution is 2.33. The van der Waals surface area contributed by atoms with Crippen LogP contribution in [-0.2, 0) is 16.4 Å². The van der Waals surface area contributed by atoms with Gasteiger partial charge in [0.1, 0.15) is 10.6 Å². The van der Waals surface area contributed by atoms with Crippen molar-refractivity contribution in [2.24, 2.45) is 0 Å². The first kappa shape index (κ1) is 17.9. The minimum atomic E-state index is -3.92. The molecule has 0 aliphatic heterocycles. The first-order valence-electron chi connectivity index (χ1n) is 6.64. The molecule has 0 heterocycles. The highest BCUT2D eigenvalue weighted by molar-refractivity contribution is 7.89. The van der Waals surface area contributed by atoms with Gasteiger partial charge in [0, 0.05) is 11.6 Å². The molecule has 0 spiro atoms. The molecule has 5 nitrogen and oxygen atoms in total. The van der Waals surface area contributed by atoms with Gasteiger partial charge in [-0.05, 0) is 36.2 Å². The average Bonchev–Trinajstić information content (AvgIpc) is 2.50. The van der Waals surface area contributed by atoms with E-state index in [0.29, 0.717) is 12.2 Å². The lowest BCUT2D eigenvalue weighted by Crippen LogP contribution is -2.26. The Labute approximate surface area is 144 Å². The molecule has 124 valence electrons. The van der Waals surface area contributed by atoms with E-state index in [1.807, 2.05) is 18.2 Å². The number of nitrogens with one attached hydrogen (secondary N) is 1. The van der Waals surface area contributed by atoms with Crippen LogP contribution >= 0.6 is 23.2 Å². The molecule has 2 aromatic carbocycles. The monoisotopic (exact) mass is 375 g/mol. The smallest absolute Gasteiger partial charge is 0.244 e. The molecule has 0 aliphatic rings. The highest BCUT2D eigenvalue weighted by atomic mass is 35.5. The average molecular weight is 376 g/mol. The lowest BCUT2D eigenvalue weighted by molar-refractivity contribution is 0.414. The van der Waals surface area contributed by atoms with Crippen molar-refractivity contribution in [3.05, 3.63) is 52.0 Å². The molecule has 0 atom stereocenters. The number of halogens is 2. The van der Waals surface area contributed by atoms with Gasteiger partial charge < -0.3 is 9.84 Å². The first-order valence-corrected chi connectivity index (χ1v) is 8.88. The third-order valence-electron chi connectivity index (χ3n) is 3.12. The maximum Gasteiger partial charge on any atom is 0.244 e. The minimum Gasteiger partial charge on any atom is -0.505 e. The van der Waals surface area contributed by atoms with Crippen LogP contribution in [0, 0.1) is 0 Å². The molecular weight excluding hydrogens is 361 g/mol. The Kier molecular flexibility index (Phi) is 5.75. The summed E-state index contributed by atoms with van der Waals surface area (Å²) in [5.74, 6) is 0.176. The van der Waals surface area contributed by atoms with Gasteiger partial charge in [0.2, 0.25) is 10.0 Å². The van der Waals surface area contributed by atoms with Crippen LogP contribution in [0.25, 0.3) is 0 Å². The number of aromatic hydroxyl groups is 1. The van der Waals surface area contributed by atoms with E-state index in [-0.39, 0.29) is 21.5 Å². The molecule has 0 radical (unpaired) electrons. The molecule has 0 amide bonds.